The van der Waals surface area contributed by atoms with Gasteiger partial charge in [-0.25, -0.2) is 0 Å². The molecule has 1 saturated heterocycles. The summed E-state index contributed by atoms with van der Waals surface area (Å²) in [5.74, 6) is 0.113. The number of likely N-dealkylation sites (N-methyl/N-ethyl adjacent to an activating group) is 1. The van der Waals surface area contributed by atoms with Gasteiger partial charge < -0.3 is 10.2 Å². The first kappa shape index (κ1) is 14.0. The maximum absolute atomic E-state index is 12.5. The van der Waals surface area contributed by atoms with Crippen LogP contribution in [0.25, 0.3) is 0 Å². The van der Waals surface area contributed by atoms with Crippen LogP contribution in [0.15, 0.2) is 24.5 Å². The summed E-state index contributed by atoms with van der Waals surface area (Å²) in [6.07, 6.45) is 3.53. The fraction of sp³-hybridized carbons (Fsp3) is 0.571. The molecule has 1 N–H and O–H groups in total. The van der Waals surface area contributed by atoms with Gasteiger partial charge in [0.2, 0.25) is 5.91 Å². The maximum atomic E-state index is 12.5. The first-order valence-corrected chi connectivity index (χ1v) is 6.68. The minimum Gasteiger partial charge on any atom is -0.347 e. The van der Waals surface area contributed by atoms with E-state index in [4.69, 9.17) is 0 Å². The predicted octanol–water partition coefficient (Wildman–Crippen LogP) is 0.505. The van der Waals surface area contributed by atoms with Crippen molar-refractivity contribution in [3.05, 3.63) is 30.1 Å². The number of hydrogen-bond donors (Lipinski definition) is 1. The number of aromatic nitrogens is 1. The average Bonchev–Trinajstić information content (AvgIpc) is 2.40. The Labute approximate surface area is 114 Å². The Morgan fingerprint density at radius 3 is 2.95 bits per heavy atom. The fourth-order valence-corrected chi connectivity index (χ4v) is 2.49. The topological polar surface area (TPSA) is 48.5 Å². The van der Waals surface area contributed by atoms with Crippen LogP contribution >= 0.6 is 0 Å². The van der Waals surface area contributed by atoms with Crippen LogP contribution in [-0.2, 0) is 4.79 Å². The molecule has 1 amide bonds. The smallest absolute Gasteiger partial charge is 0.244 e. The van der Waals surface area contributed by atoms with Gasteiger partial charge in [-0.15, -0.1) is 0 Å². The summed E-state index contributed by atoms with van der Waals surface area (Å²) in [7, 11) is 3.61. The highest BCUT2D eigenvalue weighted by Gasteiger charge is 2.31. The molecule has 1 aromatic heterocycles. The quantitative estimate of drug-likeness (QED) is 0.862. The van der Waals surface area contributed by atoms with Gasteiger partial charge in [0.15, 0.2) is 0 Å². The van der Waals surface area contributed by atoms with E-state index in [0.717, 1.165) is 25.2 Å². The number of nitrogens with zero attached hydrogens (tertiary/aromatic N) is 3. The monoisotopic (exact) mass is 262 g/mol. The van der Waals surface area contributed by atoms with Crippen LogP contribution in [0.4, 0.5) is 0 Å². The summed E-state index contributed by atoms with van der Waals surface area (Å²) in [4.78, 5) is 20.5. The van der Waals surface area contributed by atoms with Crippen LogP contribution in [0.1, 0.15) is 18.5 Å². The second-order valence-corrected chi connectivity index (χ2v) is 5.27. The summed E-state index contributed by atoms with van der Waals surface area (Å²) in [6, 6.07) is 4.04. The Kier molecular flexibility index (Phi) is 4.50. The standard InChI is InChI=1S/C14H22N4O/c1-11-10-18(8-7-16-11)13(14(19)17(2)3)12-5-4-6-15-9-12/h4-6,9,11,13,16H,7-8,10H2,1-3H3. The Balaban J connectivity index is 2.26. The van der Waals surface area contributed by atoms with E-state index < -0.39 is 0 Å². The summed E-state index contributed by atoms with van der Waals surface area (Å²) in [6.45, 7) is 4.81. The highest BCUT2D eigenvalue weighted by Crippen LogP contribution is 2.23. The van der Waals surface area contributed by atoms with Crippen LogP contribution in [0.5, 0.6) is 0 Å². The molecule has 2 rings (SSSR count). The maximum Gasteiger partial charge on any atom is 0.244 e. The van der Waals surface area contributed by atoms with Crippen molar-refractivity contribution < 1.29 is 4.79 Å². The second kappa shape index (κ2) is 6.12. The average molecular weight is 262 g/mol. The second-order valence-electron chi connectivity index (χ2n) is 5.27. The molecule has 19 heavy (non-hydrogen) atoms. The lowest BCUT2D eigenvalue weighted by atomic mass is 10.0. The minimum atomic E-state index is -0.228. The number of nitrogens with one attached hydrogen (secondary N) is 1. The Hall–Kier alpha value is -1.46. The van der Waals surface area contributed by atoms with Crippen molar-refractivity contribution in [2.45, 2.75) is 19.0 Å². The summed E-state index contributed by atoms with van der Waals surface area (Å²) < 4.78 is 0. The van der Waals surface area contributed by atoms with Crippen LogP contribution < -0.4 is 5.32 Å². The number of pyridine rings is 1. The Morgan fingerprint density at radius 2 is 2.37 bits per heavy atom. The zero-order chi connectivity index (χ0) is 13.8. The number of rotatable bonds is 3. The fourth-order valence-electron chi connectivity index (χ4n) is 2.49. The molecular formula is C14H22N4O. The molecule has 0 spiro atoms. The largest absolute Gasteiger partial charge is 0.347 e. The number of piperazine rings is 1. The van der Waals surface area contributed by atoms with E-state index in [1.54, 1.807) is 31.4 Å². The Morgan fingerprint density at radius 1 is 1.58 bits per heavy atom. The number of amides is 1. The van der Waals surface area contributed by atoms with Gasteiger partial charge in [0.1, 0.15) is 6.04 Å². The van der Waals surface area contributed by atoms with Gasteiger partial charge in [-0.3, -0.25) is 14.7 Å². The molecule has 2 heterocycles. The van der Waals surface area contributed by atoms with Crippen LogP contribution in [0, 0.1) is 0 Å². The molecule has 1 fully saturated rings. The van der Waals surface area contributed by atoms with Crippen molar-refractivity contribution in [1.82, 2.24) is 20.1 Å². The molecule has 104 valence electrons. The highest BCUT2D eigenvalue weighted by molar-refractivity contribution is 5.82. The number of hydrogen-bond acceptors (Lipinski definition) is 4. The van der Waals surface area contributed by atoms with E-state index in [-0.39, 0.29) is 11.9 Å². The molecule has 1 aromatic rings. The third kappa shape index (κ3) is 3.30. The third-order valence-corrected chi connectivity index (χ3v) is 3.44. The summed E-state index contributed by atoms with van der Waals surface area (Å²) in [5, 5.41) is 3.40. The van der Waals surface area contributed by atoms with Gasteiger partial charge in [0, 0.05) is 52.2 Å². The first-order valence-electron chi connectivity index (χ1n) is 6.68. The highest BCUT2D eigenvalue weighted by atomic mass is 16.2. The van der Waals surface area contributed by atoms with Crippen molar-refractivity contribution in [3.63, 3.8) is 0 Å². The molecule has 0 aliphatic carbocycles. The van der Waals surface area contributed by atoms with E-state index in [1.807, 2.05) is 12.1 Å². The van der Waals surface area contributed by atoms with Gasteiger partial charge in [-0.2, -0.15) is 0 Å². The lowest BCUT2D eigenvalue weighted by Crippen LogP contribution is -2.53. The van der Waals surface area contributed by atoms with Crippen molar-refractivity contribution in [2.24, 2.45) is 0 Å². The summed E-state index contributed by atoms with van der Waals surface area (Å²) >= 11 is 0. The molecular weight excluding hydrogens is 240 g/mol. The van der Waals surface area contributed by atoms with Gasteiger partial charge in [-0.1, -0.05) is 6.07 Å². The van der Waals surface area contributed by atoms with E-state index in [1.165, 1.54) is 0 Å². The van der Waals surface area contributed by atoms with E-state index in [0.29, 0.717) is 6.04 Å². The zero-order valence-corrected chi connectivity index (χ0v) is 11.8. The molecule has 0 bridgehead atoms. The minimum absolute atomic E-state index is 0.113. The Bertz CT molecular complexity index is 421. The molecule has 5 heteroatoms. The van der Waals surface area contributed by atoms with Crippen LogP contribution in [-0.4, -0.2) is 60.5 Å². The van der Waals surface area contributed by atoms with Crippen molar-refractivity contribution in [2.75, 3.05) is 33.7 Å². The van der Waals surface area contributed by atoms with Gasteiger partial charge >= 0.3 is 0 Å². The molecule has 0 aromatic carbocycles. The molecule has 1 aliphatic rings. The third-order valence-electron chi connectivity index (χ3n) is 3.44. The first-order chi connectivity index (χ1) is 9.09. The SMILES string of the molecule is CC1CN(C(C(=O)N(C)C)c2cccnc2)CCN1. The zero-order valence-electron chi connectivity index (χ0n) is 11.8. The summed E-state index contributed by atoms with van der Waals surface area (Å²) in [5.41, 5.74) is 0.968. The molecule has 5 nitrogen and oxygen atoms in total. The molecule has 2 unspecified atom stereocenters. The number of carbonyl (C=O) groups excluding carboxylic acids is 1. The van der Waals surface area contributed by atoms with Gasteiger partial charge in [-0.05, 0) is 18.6 Å². The lowest BCUT2D eigenvalue weighted by molar-refractivity contribution is -0.135. The van der Waals surface area contributed by atoms with Gasteiger partial charge in [0.05, 0.1) is 0 Å². The van der Waals surface area contributed by atoms with E-state index >= 15 is 0 Å². The van der Waals surface area contributed by atoms with Gasteiger partial charge in [0.25, 0.3) is 0 Å². The predicted molar refractivity (Wildman–Crippen MR) is 74.7 cm³/mol. The lowest BCUT2D eigenvalue weighted by Gasteiger charge is -2.38. The van der Waals surface area contributed by atoms with E-state index in [2.05, 4.69) is 22.1 Å². The molecule has 0 saturated carbocycles. The van der Waals surface area contributed by atoms with E-state index in [9.17, 15) is 4.79 Å². The molecule has 1 aliphatic heterocycles. The van der Waals surface area contributed by atoms with Crippen molar-refractivity contribution in [3.8, 4) is 0 Å². The number of carbonyl (C=O) groups is 1. The van der Waals surface area contributed by atoms with Crippen LogP contribution in [0.2, 0.25) is 0 Å². The van der Waals surface area contributed by atoms with Crippen LogP contribution in [0.3, 0.4) is 0 Å². The molecule has 2 atom stereocenters. The normalized spacial score (nSPS) is 21.9. The molecule has 0 radical (unpaired) electrons. The van der Waals surface area contributed by atoms with Crippen molar-refractivity contribution in [1.29, 1.82) is 0 Å². The van der Waals surface area contributed by atoms with Crippen molar-refractivity contribution >= 4 is 5.91 Å².